The second kappa shape index (κ2) is 4.52. The molecule has 0 amide bonds. The van der Waals surface area contributed by atoms with Crippen molar-refractivity contribution in [1.29, 1.82) is 5.41 Å². The zero-order chi connectivity index (χ0) is 13.6. The van der Waals surface area contributed by atoms with Crippen LogP contribution < -0.4 is 4.90 Å². The lowest BCUT2D eigenvalue weighted by Gasteiger charge is -2.26. The Bertz CT molecular complexity index is 627. The highest BCUT2D eigenvalue weighted by Gasteiger charge is 2.48. The Labute approximate surface area is 117 Å². The van der Waals surface area contributed by atoms with Crippen LogP contribution in [0.4, 0.5) is 5.69 Å². The molecule has 6 heteroatoms. The molecule has 2 aliphatic rings. The van der Waals surface area contributed by atoms with Gasteiger partial charge in [0, 0.05) is 10.9 Å². The van der Waals surface area contributed by atoms with Gasteiger partial charge >= 0.3 is 0 Å². The van der Waals surface area contributed by atoms with E-state index < -0.39 is 9.84 Å². The van der Waals surface area contributed by atoms with E-state index in [0.29, 0.717) is 5.17 Å². The molecule has 1 N–H and O–H groups in total. The first kappa shape index (κ1) is 13.0. The highest BCUT2D eigenvalue weighted by atomic mass is 32.2. The van der Waals surface area contributed by atoms with Gasteiger partial charge < -0.3 is 4.90 Å². The molecule has 0 saturated carbocycles. The maximum atomic E-state index is 11.8. The van der Waals surface area contributed by atoms with Crippen molar-refractivity contribution in [1.82, 2.24) is 0 Å². The van der Waals surface area contributed by atoms with Gasteiger partial charge in [0.1, 0.15) is 0 Å². The zero-order valence-electron chi connectivity index (χ0n) is 10.7. The second-order valence-corrected chi connectivity index (χ2v) is 8.34. The van der Waals surface area contributed by atoms with Gasteiger partial charge in [0.15, 0.2) is 15.0 Å². The number of thioether (sulfide) groups is 1. The van der Waals surface area contributed by atoms with Crippen molar-refractivity contribution in [2.75, 3.05) is 16.4 Å². The van der Waals surface area contributed by atoms with Crippen LogP contribution >= 0.6 is 11.8 Å². The summed E-state index contributed by atoms with van der Waals surface area (Å²) in [5.41, 5.74) is 2.16. The molecule has 0 unspecified atom stereocenters. The lowest BCUT2D eigenvalue weighted by atomic mass is 10.1. The third-order valence-electron chi connectivity index (χ3n) is 3.72. The molecule has 1 aromatic carbocycles. The fourth-order valence-corrected chi connectivity index (χ4v) is 6.62. The molecule has 1 aromatic rings. The van der Waals surface area contributed by atoms with Crippen LogP contribution in [-0.4, -0.2) is 36.4 Å². The minimum absolute atomic E-state index is 0.0161. The van der Waals surface area contributed by atoms with Gasteiger partial charge in [-0.15, -0.1) is 0 Å². The van der Waals surface area contributed by atoms with Gasteiger partial charge in [0.25, 0.3) is 0 Å². The number of nitrogens with one attached hydrogen (secondary N) is 1. The third kappa shape index (κ3) is 2.17. The predicted molar refractivity (Wildman–Crippen MR) is 79.8 cm³/mol. The molecule has 0 radical (unpaired) electrons. The minimum atomic E-state index is -2.95. The molecule has 0 bridgehead atoms. The van der Waals surface area contributed by atoms with E-state index in [1.165, 1.54) is 11.8 Å². The molecule has 4 nitrogen and oxygen atoms in total. The van der Waals surface area contributed by atoms with Gasteiger partial charge in [-0.2, -0.15) is 0 Å². The van der Waals surface area contributed by atoms with E-state index in [0.717, 1.165) is 17.7 Å². The molecule has 3 rings (SSSR count). The maximum Gasteiger partial charge on any atom is 0.161 e. The van der Waals surface area contributed by atoms with Crippen LogP contribution in [0.15, 0.2) is 24.3 Å². The molecule has 2 aliphatic heterocycles. The van der Waals surface area contributed by atoms with Crippen LogP contribution in [-0.2, 0) is 16.3 Å². The Morgan fingerprint density at radius 2 is 2.11 bits per heavy atom. The number of benzene rings is 1. The highest BCUT2D eigenvalue weighted by molar-refractivity contribution is 8.15. The van der Waals surface area contributed by atoms with Gasteiger partial charge in [0.05, 0.1) is 17.5 Å². The van der Waals surface area contributed by atoms with Crippen molar-refractivity contribution >= 4 is 32.5 Å². The van der Waals surface area contributed by atoms with Gasteiger partial charge in [-0.05, 0) is 18.1 Å². The quantitative estimate of drug-likeness (QED) is 0.905. The summed E-state index contributed by atoms with van der Waals surface area (Å²) in [7, 11) is -2.95. The van der Waals surface area contributed by atoms with E-state index in [1.807, 2.05) is 29.2 Å². The molecule has 2 heterocycles. The summed E-state index contributed by atoms with van der Waals surface area (Å²) in [6.07, 6.45) is 0.884. The van der Waals surface area contributed by atoms with Gasteiger partial charge in [0.2, 0.25) is 0 Å². The molecule has 2 atom stereocenters. The number of hydrogen-bond donors (Lipinski definition) is 1. The Hall–Kier alpha value is -1.01. The topological polar surface area (TPSA) is 61.2 Å². The van der Waals surface area contributed by atoms with Crippen molar-refractivity contribution in [3.8, 4) is 0 Å². The monoisotopic (exact) mass is 296 g/mol. The number of aryl methyl sites for hydroxylation is 1. The van der Waals surface area contributed by atoms with Crippen molar-refractivity contribution in [3.05, 3.63) is 29.8 Å². The Balaban J connectivity index is 2.02. The molecular formula is C13H16N2O2S2. The van der Waals surface area contributed by atoms with Crippen molar-refractivity contribution < 1.29 is 8.42 Å². The van der Waals surface area contributed by atoms with Gasteiger partial charge in [-0.3, -0.25) is 5.41 Å². The normalized spacial score (nSPS) is 28.7. The number of nitrogens with zero attached hydrogens (tertiary/aromatic N) is 1. The first-order chi connectivity index (χ1) is 9.02. The van der Waals surface area contributed by atoms with Crippen LogP contribution in [0.2, 0.25) is 0 Å². The first-order valence-corrected chi connectivity index (χ1v) is 9.04. The van der Waals surface area contributed by atoms with Crippen molar-refractivity contribution in [3.63, 3.8) is 0 Å². The van der Waals surface area contributed by atoms with Gasteiger partial charge in [-0.25, -0.2) is 8.42 Å². The number of para-hydroxylation sites is 1. The van der Waals surface area contributed by atoms with Crippen LogP contribution in [0, 0.1) is 5.41 Å². The largest absolute Gasteiger partial charge is 0.316 e. The van der Waals surface area contributed by atoms with Crippen LogP contribution in [0.3, 0.4) is 0 Å². The molecule has 0 spiro atoms. The number of sulfone groups is 1. The number of amidine groups is 1. The minimum Gasteiger partial charge on any atom is -0.316 e. The van der Waals surface area contributed by atoms with Crippen LogP contribution in [0.1, 0.15) is 12.5 Å². The summed E-state index contributed by atoms with van der Waals surface area (Å²) in [4.78, 5) is 1.92. The molecule has 19 heavy (non-hydrogen) atoms. The van der Waals surface area contributed by atoms with Crippen molar-refractivity contribution in [2.45, 2.75) is 24.6 Å². The van der Waals surface area contributed by atoms with E-state index in [9.17, 15) is 8.42 Å². The molecule has 0 aliphatic carbocycles. The summed E-state index contributed by atoms with van der Waals surface area (Å²) in [5, 5.41) is 8.63. The summed E-state index contributed by atoms with van der Waals surface area (Å²) in [6, 6.07) is 7.89. The first-order valence-electron chi connectivity index (χ1n) is 6.34. The Morgan fingerprint density at radius 1 is 1.37 bits per heavy atom. The predicted octanol–water partition coefficient (Wildman–Crippen LogP) is 1.90. The lowest BCUT2D eigenvalue weighted by molar-refractivity contribution is 0.601. The summed E-state index contributed by atoms with van der Waals surface area (Å²) < 4.78 is 23.5. The van der Waals surface area contributed by atoms with E-state index >= 15 is 0 Å². The van der Waals surface area contributed by atoms with E-state index in [2.05, 4.69) is 6.92 Å². The SMILES string of the molecule is CCc1ccccc1N1C(=N)S[C@H]2CS(=O)(=O)C[C@@H]21. The molecule has 102 valence electrons. The molecular weight excluding hydrogens is 280 g/mol. The molecule has 2 saturated heterocycles. The van der Waals surface area contributed by atoms with Gasteiger partial charge in [-0.1, -0.05) is 36.9 Å². The van der Waals surface area contributed by atoms with E-state index in [4.69, 9.17) is 5.41 Å². The lowest BCUT2D eigenvalue weighted by Crippen LogP contribution is -2.37. The summed E-state index contributed by atoms with van der Waals surface area (Å²) in [6.45, 7) is 2.08. The Kier molecular flexibility index (Phi) is 3.09. The summed E-state index contributed by atoms with van der Waals surface area (Å²) in [5.74, 6) is 0.376. The fourth-order valence-electron chi connectivity index (χ4n) is 2.83. The average Bonchev–Trinajstić information content (AvgIpc) is 2.79. The standard InChI is InChI=1S/C13H16N2O2S2/c1-2-9-5-3-4-6-10(9)15-11-7-19(16,17)8-12(11)18-13(15)14/h3-6,11-12,14H,2,7-8H2,1H3/t11-,12-/m0/s1. The third-order valence-corrected chi connectivity index (χ3v) is 6.85. The smallest absolute Gasteiger partial charge is 0.161 e. The van der Waals surface area contributed by atoms with E-state index in [-0.39, 0.29) is 22.8 Å². The Morgan fingerprint density at radius 3 is 2.84 bits per heavy atom. The van der Waals surface area contributed by atoms with Crippen molar-refractivity contribution in [2.24, 2.45) is 0 Å². The maximum absolute atomic E-state index is 11.8. The molecule has 2 fully saturated rings. The highest BCUT2D eigenvalue weighted by Crippen LogP contribution is 2.41. The number of rotatable bonds is 2. The van der Waals surface area contributed by atoms with Crippen LogP contribution in [0.25, 0.3) is 0 Å². The van der Waals surface area contributed by atoms with Crippen LogP contribution in [0.5, 0.6) is 0 Å². The summed E-state index contributed by atoms with van der Waals surface area (Å²) >= 11 is 1.39. The fraction of sp³-hybridized carbons (Fsp3) is 0.462. The number of anilines is 1. The molecule has 0 aromatic heterocycles. The average molecular weight is 296 g/mol. The number of fused-ring (bicyclic) bond motifs is 1. The zero-order valence-corrected chi connectivity index (χ0v) is 12.3. The van der Waals surface area contributed by atoms with E-state index in [1.54, 1.807) is 0 Å². The second-order valence-electron chi connectivity index (χ2n) is 4.96. The number of hydrogen-bond acceptors (Lipinski definition) is 4.